The van der Waals surface area contributed by atoms with E-state index in [-0.39, 0.29) is 70.6 Å². The molecule has 2 unspecified atom stereocenters. The highest BCUT2D eigenvalue weighted by Crippen LogP contribution is 2.45. The highest BCUT2D eigenvalue weighted by atomic mass is 19.2. The summed E-state index contributed by atoms with van der Waals surface area (Å²) in [5, 5.41) is 24.6. The van der Waals surface area contributed by atoms with Gasteiger partial charge >= 0.3 is 6.01 Å². The maximum atomic E-state index is 16.4. The number of piperidine rings is 1. The van der Waals surface area contributed by atoms with Gasteiger partial charge in [-0.3, -0.25) is 0 Å². The number of aliphatic hydroxyl groups is 2. The molecule has 0 bridgehead atoms. The molecular formula is C40H56F3N5O6. The fourth-order valence-corrected chi connectivity index (χ4v) is 7.10. The lowest BCUT2D eigenvalue weighted by atomic mass is 9.76. The predicted molar refractivity (Wildman–Crippen MR) is 204 cm³/mol. The van der Waals surface area contributed by atoms with Gasteiger partial charge in [0.15, 0.2) is 17.5 Å². The maximum Gasteiger partial charge on any atom is 0.319 e. The fourth-order valence-electron chi connectivity index (χ4n) is 7.10. The molecule has 2 aromatic rings. The topological polar surface area (TPSA) is 131 Å². The van der Waals surface area contributed by atoms with Crippen LogP contribution in [0.1, 0.15) is 84.3 Å². The summed E-state index contributed by atoms with van der Waals surface area (Å²) >= 11 is 0. The SMILES string of the molecule is C1CCOCC1.C=C(/C=C(O)\C=C1\C=CC(F)=C(F)C1)c1nc(OC)c2c(N(CO)CCOCC)nc(OCC34CCCNC3CCC4)nc2c1F.CC. The number of nitrogens with one attached hydrogen (secondary N) is 1. The van der Waals surface area contributed by atoms with Crippen molar-refractivity contribution in [2.45, 2.75) is 84.6 Å². The lowest BCUT2D eigenvalue weighted by Gasteiger charge is -2.39. The first-order valence-electron chi connectivity index (χ1n) is 19.0. The molecule has 0 aromatic carbocycles. The Kier molecular flexibility index (Phi) is 16.8. The normalized spacial score (nSPS) is 21.9. The van der Waals surface area contributed by atoms with Gasteiger partial charge in [-0.1, -0.05) is 32.9 Å². The number of nitrogens with zero attached hydrogens (tertiary/aromatic N) is 4. The van der Waals surface area contributed by atoms with Gasteiger partial charge in [0.1, 0.15) is 34.9 Å². The highest BCUT2D eigenvalue weighted by molar-refractivity contribution is 5.96. The van der Waals surface area contributed by atoms with Crippen LogP contribution in [0.2, 0.25) is 0 Å². The van der Waals surface area contributed by atoms with Crippen molar-refractivity contribution < 1.29 is 42.3 Å². The largest absolute Gasteiger partial charge is 0.508 e. The van der Waals surface area contributed by atoms with Crippen molar-refractivity contribution in [2.24, 2.45) is 5.41 Å². The van der Waals surface area contributed by atoms with Gasteiger partial charge in [0.2, 0.25) is 5.88 Å². The summed E-state index contributed by atoms with van der Waals surface area (Å²) in [7, 11) is 1.35. The van der Waals surface area contributed by atoms with Crippen molar-refractivity contribution in [2.75, 3.05) is 64.9 Å². The molecule has 2 aromatic heterocycles. The highest BCUT2D eigenvalue weighted by Gasteiger charge is 2.45. The number of pyridine rings is 1. The lowest BCUT2D eigenvalue weighted by Crippen LogP contribution is -2.49. The van der Waals surface area contributed by atoms with Gasteiger partial charge < -0.3 is 39.4 Å². The molecule has 0 radical (unpaired) electrons. The van der Waals surface area contributed by atoms with Crippen LogP contribution >= 0.6 is 0 Å². The molecule has 298 valence electrons. The second-order valence-corrected chi connectivity index (χ2v) is 13.3. The number of hydrogen-bond acceptors (Lipinski definition) is 11. The Bertz CT molecular complexity index is 1680. The van der Waals surface area contributed by atoms with Gasteiger partial charge in [-0.05, 0) is 87.8 Å². The Balaban J connectivity index is 0.000000729. The molecule has 4 heterocycles. The van der Waals surface area contributed by atoms with Crippen LogP contribution in [0.3, 0.4) is 0 Å². The van der Waals surface area contributed by atoms with Crippen molar-refractivity contribution in [3.8, 4) is 11.9 Å². The number of aliphatic hydroxyl groups excluding tert-OH is 2. The number of aromatic nitrogens is 3. The van der Waals surface area contributed by atoms with Gasteiger partial charge in [-0.15, -0.1) is 0 Å². The number of anilines is 1. The second-order valence-electron chi connectivity index (χ2n) is 13.3. The van der Waals surface area contributed by atoms with E-state index in [1.54, 1.807) is 0 Å². The van der Waals surface area contributed by atoms with Gasteiger partial charge in [-0.25, -0.2) is 18.2 Å². The molecule has 2 saturated heterocycles. The zero-order chi connectivity index (χ0) is 39.1. The van der Waals surface area contributed by atoms with E-state index in [0.29, 0.717) is 24.8 Å². The Morgan fingerprint density at radius 1 is 1.09 bits per heavy atom. The first kappa shape index (κ1) is 42.8. The minimum Gasteiger partial charge on any atom is -0.508 e. The average Bonchev–Trinajstić information content (AvgIpc) is 3.63. The van der Waals surface area contributed by atoms with E-state index < -0.39 is 24.2 Å². The number of fused-ring (bicyclic) bond motifs is 2. The molecule has 11 nitrogen and oxygen atoms in total. The quantitative estimate of drug-likeness (QED) is 0.0796. The molecule has 6 rings (SSSR count). The Morgan fingerprint density at radius 2 is 1.85 bits per heavy atom. The van der Waals surface area contributed by atoms with Crippen molar-refractivity contribution in [3.63, 3.8) is 0 Å². The Hall–Kier alpha value is -3.98. The van der Waals surface area contributed by atoms with Gasteiger partial charge in [-0.2, -0.15) is 9.97 Å². The van der Waals surface area contributed by atoms with E-state index in [0.717, 1.165) is 64.0 Å². The number of rotatable bonds is 13. The molecule has 1 saturated carbocycles. The molecule has 3 fully saturated rings. The monoisotopic (exact) mass is 759 g/mol. The maximum absolute atomic E-state index is 16.4. The predicted octanol–water partition coefficient (Wildman–Crippen LogP) is 7.97. The zero-order valence-electron chi connectivity index (χ0n) is 32.1. The van der Waals surface area contributed by atoms with E-state index in [1.165, 1.54) is 43.4 Å². The van der Waals surface area contributed by atoms with Crippen LogP contribution in [0.4, 0.5) is 19.0 Å². The van der Waals surface area contributed by atoms with Crippen molar-refractivity contribution in [1.82, 2.24) is 20.3 Å². The lowest BCUT2D eigenvalue weighted by molar-refractivity contribution is 0.0798. The number of methoxy groups -OCH3 is 1. The summed E-state index contributed by atoms with van der Waals surface area (Å²) in [6.07, 6.45) is 13.4. The molecule has 14 heteroatoms. The van der Waals surface area contributed by atoms with Crippen LogP contribution in [-0.2, 0) is 9.47 Å². The molecule has 2 aliphatic heterocycles. The summed E-state index contributed by atoms with van der Waals surface area (Å²) < 4.78 is 65.8. The van der Waals surface area contributed by atoms with Gasteiger partial charge in [0, 0.05) is 44.2 Å². The van der Waals surface area contributed by atoms with E-state index >= 15 is 4.39 Å². The third-order valence-electron chi connectivity index (χ3n) is 9.82. The second kappa shape index (κ2) is 21.2. The van der Waals surface area contributed by atoms with E-state index in [1.807, 2.05) is 20.8 Å². The van der Waals surface area contributed by atoms with Crippen LogP contribution in [0.25, 0.3) is 16.5 Å². The van der Waals surface area contributed by atoms with Gasteiger partial charge in [0.25, 0.3) is 0 Å². The van der Waals surface area contributed by atoms with Crippen LogP contribution in [-0.4, -0.2) is 91.2 Å². The van der Waals surface area contributed by atoms with E-state index in [2.05, 4.69) is 26.8 Å². The Labute approximate surface area is 316 Å². The van der Waals surface area contributed by atoms with E-state index in [4.69, 9.17) is 18.9 Å². The fraction of sp³-hybridized carbons (Fsp3) is 0.575. The summed E-state index contributed by atoms with van der Waals surface area (Å²) in [5.41, 5.74) is -0.253. The molecule has 2 aliphatic carbocycles. The molecule has 4 aliphatic rings. The van der Waals surface area contributed by atoms with Crippen LogP contribution in [0, 0.1) is 11.2 Å². The van der Waals surface area contributed by atoms with Crippen molar-refractivity contribution in [3.05, 3.63) is 65.4 Å². The first-order valence-corrected chi connectivity index (χ1v) is 19.0. The van der Waals surface area contributed by atoms with Crippen LogP contribution < -0.4 is 19.7 Å². The van der Waals surface area contributed by atoms with Crippen molar-refractivity contribution in [1.29, 1.82) is 0 Å². The van der Waals surface area contributed by atoms with E-state index in [9.17, 15) is 19.0 Å². The minimum atomic E-state index is -0.972. The molecular weight excluding hydrogens is 703 g/mol. The standard InChI is InChI=1S/C33H40F3N5O5.C5H10O.C2H6/c1-4-45-14-13-41(19-42)30-26-29(39-32(40-30)46-18-33-10-5-7-25(33)37-12-6-11-33)27(36)28(38-31(26)44-3)20(2)15-22(43)16-21-8-9-23(34)24(35)17-21;1-2-4-6-5-3-1;1-2/h8-9,15-16,25,37,42-43H,2,4-7,10-14,17-19H2,1,3H3;1-5H2;1-2H3/b21-16-,22-15+;;. The number of halogens is 3. The first-order chi connectivity index (χ1) is 26.2. The molecule has 3 N–H and O–H groups in total. The Morgan fingerprint density at radius 3 is 2.50 bits per heavy atom. The minimum absolute atomic E-state index is 0.0343. The summed E-state index contributed by atoms with van der Waals surface area (Å²) in [4.78, 5) is 14.9. The molecule has 0 spiro atoms. The molecule has 54 heavy (non-hydrogen) atoms. The van der Waals surface area contributed by atoms with Crippen molar-refractivity contribution >= 4 is 22.3 Å². The number of hydrogen-bond donors (Lipinski definition) is 3. The van der Waals surface area contributed by atoms with Gasteiger partial charge in [0.05, 0.1) is 20.3 Å². The third-order valence-corrected chi connectivity index (χ3v) is 9.82. The summed E-state index contributed by atoms with van der Waals surface area (Å²) in [6.45, 7) is 13.5. The van der Waals surface area contributed by atoms with Crippen LogP contribution in [0.15, 0.2) is 53.9 Å². The smallest absolute Gasteiger partial charge is 0.319 e. The zero-order valence-corrected chi connectivity index (χ0v) is 32.1. The number of ether oxygens (including phenoxy) is 4. The molecule has 0 amide bonds. The third kappa shape index (κ3) is 10.8. The summed E-state index contributed by atoms with van der Waals surface area (Å²) in [6, 6.07) is 0.253. The molecule has 2 atom stereocenters. The summed E-state index contributed by atoms with van der Waals surface area (Å²) in [5.74, 6) is -3.07. The number of allylic oxidation sites excluding steroid dienone is 8. The van der Waals surface area contributed by atoms with Crippen LogP contribution in [0.5, 0.6) is 11.9 Å². The average molecular weight is 760 g/mol.